The summed E-state index contributed by atoms with van der Waals surface area (Å²) < 4.78 is 67.5. The van der Waals surface area contributed by atoms with Gasteiger partial charge in [-0.2, -0.15) is 0 Å². The van der Waals surface area contributed by atoms with Gasteiger partial charge in [-0.05, 0) is 87.9 Å². The third-order valence-electron chi connectivity index (χ3n) is 13.8. The number of likely N-dealkylation sites (tertiary alicyclic amines) is 1. The van der Waals surface area contributed by atoms with Gasteiger partial charge in [0.1, 0.15) is 38.9 Å². The van der Waals surface area contributed by atoms with Gasteiger partial charge in [-0.1, -0.05) is 82.1 Å². The summed E-state index contributed by atoms with van der Waals surface area (Å²) in [4.78, 5) is 60.6. The van der Waals surface area contributed by atoms with Gasteiger partial charge in [0.2, 0.25) is 0 Å². The van der Waals surface area contributed by atoms with Crippen molar-refractivity contribution < 1.29 is 41.4 Å². The Kier molecular flexibility index (Phi) is 17.1. The summed E-state index contributed by atoms with van der Waals surface area (Å²) in [5, 5.41) is 7.87. The zero-order valence-electron chi connectivity index (χ0n) is 43.5. The summed E-state index contributed by atoms with van der Waals surface area (Å²) in [5.74, 6) is -2.69. The Balaban J connectivity index is 0.000000181. The van der Waals surface area contributed by atoms with Crippen LogP contribution in [0.4, 0.5) is 66.1 Å². The molecule has 0 saturated carbocycles. The van der Waals surface area contributed by atoms with E-state index < -0.39 is 34.9 Å². The Morgan fingerprint density at radius 1 is 0.662 bits per heavy atom. The number of halogens is 8. The van der Waals surface area contributed by atoms with Crippen molar-refractivity contribution in [3.63, 3.8) is 0 Å². The van der Waals surface area contributed by atoms with Gasteiger partial charge in [0.05, 0.1) is 91.3 Å². The number of aromatic nitrogens is 2. The first kappa shape index (κ1) is 57.3. The smallest absolute Gasteiger partial charge is 0.410 e. The maximum absolute atomic E-state index is 14.8. The van der Waals surface area contributed by atoms with Gasteiger partial charge >= 0.3 is 18.2 Å². The van der Waals surface area contributed by atoms with E-state index in [9.17, 15) is 31.9 Å². The molecule has 6 aromatic rings. The first-order chi connectivity index (χ1) is 38.2. The lowest BCUT2D eigenvalue weighted by molar-refractivity contribution is 0.0214. The van der Waals surface area contributed by atoms with Crippen LogP contribution < -0.4 is 30.2 Å². The molecule has 2 aromatic heterocycles. The normalized spacial score (nSPS) is 17.9. The Bertz CT molecular complexity index is 3360. The van der Waals surface area contributed by atoms with E-state index in [0.29, 0.717) is 99.1 Å². The monoisotopic (exact) mass is 1210 g/mol. The van der Waals surface area contributed by atoms with Crippen LogP contribution in [0.2, 0.25) is 20.1 Å². The Labute approximate surface area is 487 Å². The Morgan fingerprint density at radius 2 is 1.15 bits per heavy atom. The number of carbonyl (C=O) groups is 3. The van der Waals surface area contributed by atoms with Crippen molar-refractivity contribution in [3.8, 4) is 0 Å². The van der Waals surface area contributed by atoms with Crippen LogP contribution in [0.3, 0.4) is 0 Å². The van der Waals surface area contributed by atoms with Crippen molar-refractivity contribution in [1.82, 2.24) is 30.4 Å². The number of hydrogen-bond donors (Lipinski definition) is 2. The van der Waals surface area contributed by atoms with E-state index in [-0.39, 0.29) is 57.1 Å². The number of fused-ring (bicyclic) bond motifs is 4. The SMILES string of the molecule is CC(C)(C)OC(=O)N1CC2CC1CN2c1cc2c(nc1Sc1ccc(F)cc1F)CNC(=O)N2c1c(Cl)cccc1Cl.COCCN1CCN(c2cc3c(nc2Sc2ccc(F)cc2F)CNC(=O)N3c2c(Cl)cccc2Cl)CC1. The molecule has 2 atom stereocenters. The molecule has 5 aliphatic heterocycles. The van der Waals surface area contributed by atoms with E-state index in [0.717, 1.165) is 61.0 Å². The second kappa shape index (κ2) is 23.9. The maximum atomic E-state index is 14.8. The van der Waals surface area contributed by atoms with Gasteiger partial charge in [0.25, 0.3) is 0 Å². The standard InChI is InChI=1S/C29H27Cl2F2N5O3S.C26H25Cl2F2N5O2S/c1-29(2,3)41-28(40)37-14-16-10-17(37)13-36(16)23-11-22-21(35-26(23)42-24-8-7-15(32)9-20(24)33)12-34-27(39)38(22)25-18(30)5-4-6-19(25)31;1-37-12-11-33-7-9-34(10-8-33)22-14-21-20(32-25(22)38-23-6-5-16(29)13-19(23)30)15-31-26(36)35(21)24-17(27)3-2-4-18(24)28/h4-9,11,16-17H,10,12-14H2,1-3H3,(H,34,39);2-6,13-14H,7-12,15H2,1H3,(H,31,36). The first-order valence-electron chi connectivity index (χ1n) is 25.3. The van der Waals surface area contributed by atoms with Crippen molar-refractivity contribution in [3.05, 3.63) is 140 Å². The molecule has 2 bridgehead atoms. The number of anilines is 6. The average molecular weight is 1220 g/mol. The number of para-hydroxylation sites is 2. The molecule has 2 unspecified atom stereocenters. The number of hydrogen-bond acceptors (Lipinski definition) is 12. The molecule has 15 nitrogen and oxygen atoms in total. The number of benzene rings is 4. The van der Waals surface area contributed by atoms with Crippen LogP contribution in [0.25, 0.3) is 0 Å². The third kappa shape index (κ3) is 12.2. The molecule has 7 heterocycles. The quantitative estimate of drug-likeness (QED) is 0.119. The largest absolute Gasteiger partial charge is 0.444 e. The molecule has 0 radical (unpaired) electrons. The van der Waals surface area contributed by atoms with E-state index in [1.54, 1.807) is 48.4 Å². The molecule has 0 aliphatic carbocycles. The number of carbonyl (C=O) groups excluding carboxylic acids is 3. The van der Waals surface area contributed by atoms with E-state index in [1.165, 1.54) is 34.1 Å². The van der Waals surface area contributed by atoms with Crippen molar-refractivity contribution in [2.45, 2.75) is 77.8 Å². The zero-order chi connectivity index (χ0) is 56.7. The van der Waals surface area contributed by atoms with Crippen molar-refractivity contribution in [2.75, 3.05) is 79.1 Å². The van der Waals surface area contributed by atoms with Gasteiger partial charge in [0, 0.05) is 80.9 Å². The molecule has 420 valence electrons. The van der Waals surface area contributed by atoms with Crippen LogP contribution >= 0.6 is 69.9 Å². The van der Waals surface area contributed by atoms with E-state index in [4.69, 9.17) is 65.8 Å². The Morgan fingerprint density at radius 3 is 1.60 bits per heavy atom. The number of methoxy groups -OCH3 is 1. The lowest BCUT2D eigenvalue weighted by atomic mass is 10.1. The molecule has 80 heavy (non-hydrogen) atoms. The molecule has 3 saturated heterocycles. The topological polar surface area (TPSA) is 139 Å². The molecule has 2 N–H and O–H groups in total. The fourth-order valence-corrected chi connectivity index (χ4v) is 13.1. The second-order valence-corrected chi connectivity index (χ2v) is 23.9. The van der Waals surface area contributed by atoms with Crippen LogP contribution in [0.15, 0.2) is 105 Å². The molecule has 3 fully saturated rings. The number of rotatable bonds is 11. The molecule has 5 amide bonds. The summed E-state index contributed by atoms with van der Waals surface area (Å²) >= 11 is 28.2. The van der Waals surface area contributed by atoms with E-state index in [1.807, 2.05) is 32.9 Å². The van der Waals surface area contributed by atoms with Crippen LogP contribution in [0.1, 0.15) is 38.6 Å². The van der Waals surface area contributed by atoms with Crippen molar-refractivity contribution in [1.29, 1.82) is 0 Å². The molecule has 0 spiro atoms. The Hall–Kier alpha value is -5.91. The minimum Gasteiger partial charge on any atom is -0.444 e. The number of nitrogens with one attached hydrogen (secondary N) is 2. The molecule has 5 aliphatic rings. The second-order valence-electron chi connectivity index (χ2n) is 20.2. The van der Waals surface area contributed by atoms with Gasteiger partial charge in [-0.25, -0.2) is 41.9 Å². The van der Waals surface area contributed by atoms with Crippen LogP contribution in [0, 0.1) is 23.3 Å². The summed E-state index contributed by atoms with van der Waals surface area (Å²) in [6.07, 6.45) is 0.351. The maximum Gasteiger partial charge on any atom is 0.410 e. The van der Waals surface area contributed by atoms with E-state index in [2.05, 4.69) is 25.3 Å². The van der Waals surface area contributed by atoms with E-state index >= 15 is 0 Å². The van der Waals surface area contributed by atoms with Crippen molar-refractivity contribution >= 4 is 122 Å². The van der Waals surface area contributed by atoms with Gasteiger partial charge in [-0.3, -0.25) is 14.7 Å². The third-order valence-corrected chi connectivity index (χ3v) is 17.1. The molecule has 4 aromatic carbocycles. The minimum absolute atomic E-state index is 0.0606. The first-order valence-corrected chi connectivity index (χ1v) is 28.5. The number of pyridine rings is 2. The number of ether oxygens (including phenoxy) is 2. The predicted octanol–water partition coefficient (Wildman–Crippen LogP) is 13.3. The molecule has 25 heteroatoms. The fourth-order valence-electron chi connectivity index (χ4n) is 10.1. The fraction of sp³-hybridized carbons (Fsp3) is 0.327. The molecular weight excluding hydrogens is 1160 g/mol. The number of amides is 5. The molecule has 11 rings (SSSR count). The van der Waals surface area contributed by atoms with Crippen LogP contribution in [0.5, 0.6) is 0 Å². The van der Waals surface area contributed by atoms with Crippen molar-refractivity contribution in [2.24, 2.45) is 0 Å². The summed E-state index contributed by atoms with van der Waals surface area (Å²) in [7, 11) is 1.68. The van der Waals surface area contributed by atoms with Crippen LogP contribution in [-0.4, -0.2) is 115 Å². The highest BCUT2D eigenvalue weighted by Crippen LogP contribution is 2.49. The number of nitrogens with zero attached hydrogens (tertiary/aromatic N) is 8. The highest BCUT2D eigenvalue weighted by Gasteiger charge is 2.48. The summed E-state index contributed by atoms with van der Waals surface area (Å²) in [6, 6.07) is 19.7. The van der Waals surface area contributed by atoms with Crippen LogP contribution in [-0.2, 0) is 22.6 Å². The zero-order valence-corrected chi connectivity index (χ0v) is 48.1. The number of urea groups is 2. The predicted molar refractivity (Wildman–Crippen MR) is 304 cm³/mol. The lowest BCUT2D eigenvalue weighted by Gasteiger charge is -2.38. The highest BCUT2D eigenvalue weighted by molar-refractivity contribution is 7.99. The summed E-state index contributed by atoms with van der Waals surface area (Å²) in [5.41, 5.74) is 3.59. The average Bonchev–Trinajstić information content (AvgIpc) is 4.21. The summed E-state index contributed by atoms with van der Waals surface area (Å²) in [6.45, 7) is 11.2. The number of piperazine rings is 2. The molecular formula is C55H52Cl4F4N10O5S2. The lowest BCUT2D eigenvalue weighted by Crippen LogP contribution is -2.50. The van der Waals surface area contributed by atoms with Gasteiger partial charge in [0.15, 0.2) is 0 Å². The highest BCUT2D eigenvalue weighted by atomic mass is 35.5. The van der Waals surface area contributed by atoms with Gasteiger partial charge < -0.3 is 34.8 Å². The van der Waals surface area contributed by atoms with Gasteiger partial charge in [-0.15, -0.1) is 0 Å². The minimum atomic E-state index is -0.706.